The van der Waals surface area contributed by atoms with Gasteiger partial charge in [0, 0.05) is 6.42 Å². The number of hydrogen-bond donors (Lipinski definition) is 1. The molecule has 1 aliphatic heterocycles. The predicted molar refractivity (Wildman–Crippen MR) is 59.7 cm³/mol. The summed E-state index contributed by atoms with van der Waals surface area (Å²) in [4.78, 5) is 4.30. The predicted octanol–water partition coefficient (Wildman–Crippen LogP) is 3.44. The molecule has 0 spiro atoms. The molecule has 2 aromatic rings. The number of rotatable bonds is 0. The average Bonchev–Trinajstić information content (AvgIpc) is 2.62. The lowest BCUT2D eigenvalue weighted by atomic mass is 10.0. The first-order valence-corrected chi connectivity index (χ1v) is 5.57. The summed E-state index contributed by atoms with van der Waals surface area (Å²) in [6, 6.07) is 5.95. The number of fused-ring (bicyclic) bond motifs is 2. The largest absolute Gasteiger partial charge is 0.344 e. The van der Waals surface area contributed by atoms with Crippen LogP contribution in [0.25, 0.3) is 0 Å². The van der Waals surface area contributed by atoms with Gasteiger partial charge in [-0.25, -0.2) is 4.98 Å². The number of aromatic nitrogens is 1. The van der Waals surface area contributed by atoms with Gasteiger partial charge < -0.3 is 5.32 Å². The van der Waals surface area contributed by atoms with Crippen molar-refractivity contribution in [1.82, 2.24) is 4.98 Å². The molecule has 14 heavy (non-hydrogen) atoms. The van der Waals surface area contributed by atoms with Gasteiger partial charge in [-0.05, 0) is 11.6 Å². The van der Waals surface area contributed by atoms with Crippen LogP contribution in [0, 0.1) is 0 Å². The lowest BCUT2D eigenvalue weighted by molar-refractivity contribution is 1.09. The van der Waals surface area contributed by atoms with Crippen LogP contribution in [0.4, 0.5) is 10.7 Å². The summed E-state index contributed by atoms with van der Waals surface area (Å²) in [7, 11) is 0. The molecule has 1 N–H and O–H groups in total. The van der Waals surface area contributed by atoms with Gasteiger partial charge in [0.25, 0.3) is 0 Å². The van der Waals surface area contributed by atoms with E-state index in [0.717, 1.165) is 27.8 Å². The Morgan fingerprint density at radius 2 is 2.36 bits per heavy atom. The maximum atomic E-state index is 6.10. The molecule has 0 amide bonds. The van der Waals surface area contributed by atoms with E-state index in [1.54, 1.807) is 11.3 Å². The van der Waals surface area contributed by atoms with E-state index in [9.17, 15) is 0 Å². The lowest BCUT2D eigenvalue weighted by Gasteiger charge is -2.17. The van der Waals surface area contributed by atoms with Crippen molar-refractivity contribution >= 4 is 33.6 Å². The summed E-state index contributed by atoms with van der Waals surface area (Å²) < 4.78 is 0. The maximum absolute atomic E-state index is 6.10. The van der Waals surface area contributed by atoms with Gasteiger partial charge in [0.2, 0.25) is 0 Å². The van der Waals surface area contributed by atoms with Gasteiger partial charge in [-0.1, -0.05) is 23.7 Å². The summed E-state index contributed by atoms with van der Waals surface area (Å²) in [5.74, 6) is 0. The molecule has 0 saturated heterocycles. The minimum Gasteiger partial charge on any atom is -0.344 e. The van der Waals surface area contributed by atoms with Crippen molar-refractivity contribution in [2.45, 2.75) is 6.42 Å². The zero-order valence-electron chi connectivity index (χ0n) is 7.25. The highest BCUT2D eigenvalue weighted by Gasteiger charge is 2.18. The van der Waals surface area contributed by atoms with Crippen molar-refractivity contribution in [3.05, 3.63) is 40.0 Å². The molecule has 1 aliphatic rings. The van der Waals surface area contributed by atoms with E-state index in [4.69, 9.17) is 11.6 Å². The number of halogens is 1. The minimum absolute atomic E-state index is 0.779. The number of benzene rings is 1. The van der Waals surface area contributed by atoms with E-state index in [-0.39, 0.29) is 0 Å². The highest BCUT2D eigenvalue weighted by molar-refractivity contribution is 7.14. The quantitative estimate of drug-likeness (QED) is 0.630. The Morgan fingerprint density at radius 3 is 3.29 bits per heavy atom. The van der Waals surface area contributed by atoms with E-state index < -0.39 is 0 Å². The molecular formula is C10H7ClN2S. The topological polar surface area (TPSA) is 24.9 Å². The van der Waals surface area contributed by atoms with Crippen LogP contribution in [-0.2, 0) is 6.42 Å². The van der Waals surface area contributed by atoms with E-state index >= 15 is 0 Å². The SMILES string of the molecule is Clc1cccc2c1Nc1scnc1C2. The molecule has 0 bridgehead atoms. The van der Waals surface area contributed by atoms with Gasteiger partial charge in [-0.3, -0.25) is 0 Å². The van der Waals surface area contributed by atoms with Crippen LogP contribution >= 0.6 is 22.9 Å². The van der Waals surface area contributed by atoms with Crippen LogP contribution in [0.2, 0.25) is 5.02 Å². The average molecular weight is 223 g/mol. The molecular weight excluding hydrogens is 216 g/mol. The number of nitrogens with one attached hydrogen (secondary N) is 1. The molecule has 1 aromatic heterocycles. The van der Waals surface area contributed by atoms with E-state index in [0.29, 0.717) is 0 Å². The van der Waals surface area contributed by atoms with Gasteiger partial charge in [0.1, 0.15) is 5.00 Å². The molecule has 0 aliphatic carbocycles. The number of thiazole rings is 1. The Hall–Kier alpha value is -1.06. The highest BCUT2D eigenvalue weighted by atomic mass is 35.5. The maximum Gasteiger partial charge on any atom is 0.116 e. The number of hydrogen-bond acceptors (Lipinski definition) is 3. The third kappa shape index (κ3) is 1.13. The first-order valence-electron chi connectivity index (χ1n) is 4.31. The fourth-order valence-electron chi connectivity index (χ4n) is 1.65. The monoisotopic (exact) mass is 222 g/mol. The molecule has 2 nitrogen and oxygen atoms in total. The van der Waals surface area contributed by atoms with Crippen LogP contribution in [0.1, 0.15) is 11.3 Å². The summed E-state index contributed by atoms with van der Waals surface area (Å²) in [5.41, 5.74) is 5.23. The van der Waals surface area contributed by atoms with Crippen LogP contribution in [0.5, 0.6) is 0 Å². The second-order valence-corrected chi connectivity index (χ2v) is 4.47. The van der Waals surface area contributed by atoms with Crippen molar-refractivity contribution in [1.29, 1.82) is 0 Å². The van der Waals surface area contributed by atoms with Crippen molar-refractivity contribution in [2.75, 3.05) is 5.32 Å². The summed E-state index contributed by atoms with van der Waals surface area (Å²) in [6.45, 7) is 0. The smallest absolute Gasteiger partial charge is 0.116 e. The molecule has 0 saturated carbocycles. The van der Waals surface area contributed by atoms with Gasteiger partial charge in [0.15, 0.2) is 0 Å². The third-order valence-corrected chi connectivity index (χ3v) is 3.44. The van der Waals surface area contributed by atoms with Crippen LogP contribution in [-0.4, -0.2) is 4.98 Å². The van der Waals surface area contributed by atoms with Crippen molar-refractivity contribution in [3.63, 3.8) is 0 Å². The fraction of sp³-hybridized carbons (Fsp3) is 0.100. The first-order chi connectivity index (χ1) is 6.84. The van der Waals surface area contributed by atoms with Crippen molar-refractivity contribution < 1.29 is 0 Å². The first kappa shape index (κ1) is 8.26. The molecule has 4 heteroatoms. The molecule has 0 atom stereocenters. The van der Waals surface area contributed by atoms with Crippen LogP contribution in [0.3, 0.4) is 0 Å². The normalized spacial score (nSPS) is 12.9. The van der Waals surface area contributed by atoms with Crippen molar-refractivity contribution in [3.8, 4) is 0 Å². The summed E-state index contributed by atoms with van der Waals surface area (Å²) in [6.07, 6.45) is 0.877. The Bertz CT molecular complexity index is 493. The third-order valence-electron chi connectivity index (χ3n) is 2.34. The van der Waals surface area contributed by atoms with Gasteiger partial charge >= 0.3 is 0 Å². The molecule has 3 rings (SSSR count). The second-order valence-electron chi connectivity index (χ2n) is 3.20. The molecule has 70 valence electrons. The Labute approximate surface area is 90.6 Å². The summed E-state index contributed by atoms with van der Waals surface area (Å²) >= 11 is 7.71. The highest BCUT2D eigenvalue weighted by Crippen LogP contribution is 2.38. The van der Waals surface area contributed by atoms with Gasteiger partial charge in [-0.15, -0.1) is 11.3 Å². The number of anilines is 2. The lowest BCUT2D eigenvalue weighted by Crippen LogP contribution is -2.05. The molecule has 2 heterocycles. The Morgan fingerprint density at radius 1 is 1.43 bits per heavy atom. The molecule has 0 radical (unpaired) electrons. The van der Waals surface area contributed by atoms with Crippen molar-refractivity contribution in [2.24, 2.45) is 0 Å². The van der Waals surface area contributed by atoms with Gasteiger partial charge in [-0.2, -0.15) is 0 Å². The molecule has 0 fully saturated rings. The molecule has 1 aromatic carbocycles. The zero-order chi connectivity index (χ0) is 9.54. The second kappa shape index (κ2) is 2.97. The van der Waals surface area contributed by atoms with Crippen LogP contribution < -0.4 is 5.32 Å². The molecule has 0 unspecified atom stereocenters. The Kier molecular flexibility index (Phi) is 1.75. The standard InChI is InChI=1S/C10H7ClN2S/c11-7-3-1-2-6-4-8-10(13-9(6)7)14-5-12-8/h1-3,5,13H,4H2. The van der Waals surface area contributed by atoms with E-state index in [2.05, 4.69) is 16.4 Å². The van der Waals surface area contributed by atoms with E-state index in [1.165, 1.54) is 5.56 Å². The van der Waals surface area contributed by atoms with Crippen LogP contribution in [0.15, 0.2) is 23.7 Å². The minimum atomic E-state index is 0.779. The number of nitrogens with zero attached hydrogens (tertiary/aromatic N) is 1. The Balaban J connectivity index is 2.17. The van der Waals surface area contributed by atoms with Gasteiger partial charge in [0.05, 0.1) is 21.9 Å². The summed E-state index contributed by atoms with van der Waals surface area (Å²) in [5, 5.41) is 5.21. The zero-order valence-corrected chi connectivity index (χ0v) is 8.82. The number of para-hydroxylation sites is 1. The fourth-order valence-corrected chi connectivity index (χ4v) is 2.60. The van der Waals surface area contributed by atoms with E-state index in [1.807, 2.05) is 17.6 Å².